The van der Waals surface area contributed by atoms with Gasteiger partial charge in [0.1, 0.15) is 16.7 Å². The van der Waals surface area contributed by atoms with Crippen LogP contribution in [0.4, 0.5) is 0 Å². The van der Waals surface area contributed by atoms with E-state index < -0.39 is 11.0 Å². The molecule has 2 unspecified atom stereocenters. The summed E-state index contributed by atoms with van der Waals surface area (Å²) in [6.07, 6.45) is 2.30. The molecule has 2 fully saturated rings. The SMILES string of the molecule is CC1(C)[C@H]2Cc3c(O)cccc3[C@]1(C)CCN2C(=O)C1CCN(S(=O)c2ccccc2)C1. The van der Waals surface area contributed by atoms with E-state index in [4.69, 9.17) is 0 Å². The maximum Gasteiger partial charge on any atom is 0.227 e. The van der Waals surface area contributed by atoms with Crippen LogP contribution in [0.3, 0.4) is 0 Å². The molecule has 1 amide bonds. The number of likely N-dealkylation sites (tertiary alicyclic amines) is 1. The van der Waals surface area contributed by atoms with E-state index in [0.717, 1.165) is 29.8 Å². The Morgan fingerprint density at radius 3 is 2.56 bits per heavy atom. The third kappa shape index (κ3) is 3.14. The summed E-state index contributed by atoms with van der Waals surface area (Å²) in [5, 5.41) is 10.6. The van der Waals surface area contributed by atoms with Crippen molar-refractivity contribution >= 4 is 16.9 Å². The molecule has 2 aliphatic heterocycles. The summed E-state index contributed by atoms with van der Waals surface area (Å²) in [6, 6.07) is 15.4. The van der Waals surface area contributed by atoms with Crippen molar-refractivity contribution in [2.75, 3.05) is 19.6 Å². The first-order chi connectivity index (χ1) is 15.2. The molecule has 1 N–H and O–H groups in total. The minimum Gasteiger partial charge on any atom is -0.508 e. The summed E-state index contributed by atoms with van der Waals surface area (Å²) in [7, 11) is -1.23. The molecule has 2 bridgehead atoms. The molecule has 2 saturated heterocycles. The zero-order valence-corrected chi connectivity index (χ0v) is 19.9. The number of fused-ring (bicyclic) bond motifs is 4. The molecule has 1 aliphatic carbocycles. The van der Waals surface area contributed by atoms with Crippen molar-refractivity contribution < 1.29 is 14.1 Å². The number of carbonyl (C=O) groups excluding carboxylic acids is 1. The van der Waals surface area contributed by atoms with Crippen LogP contribution in [0.1, 0.15) is 44.7 Å². The molecule has 32 heavy (non-hydrogen) atoms. The molecule has 2 aromatic rings. The van der Waals surface area contributed by atoms with Gasteiger partial charge in [0.2, 0.25) is 5.91 Å². The maximum absolute atomic E-state index is 13.7. The Hall–Kier alpha value is -2.18. The molecular weight excluding hydrogens is 420 g/mol. The van der Waals surface area contributed by atoms with Crippen LogP contribution in [-0.4, -0.2) is 50.1 Å². The fourth-order valence-corrected chi connectivity index (χ4v) is 7.47. The van der Waals surface area contributed by atoms with E-state index in [9.17, 15) is 14.1 Å². The molecule has 3 aliphatic rings. The molecule has 5 rings (SSSR count). The highest BCUT2D eigenvalue weighted by Gasteiger charge is 2.57. The Morgan fingerprint density at radius 1 is 1.06 bits per heavy atom. The first-order valence-corrected chi connectivity index (χ1v) is 12.7. The molecular formula is C26H32N2O3S. The van der Waals surface area contributed by atoms with Crippen molar-refractivity contribution in [1.82, 2.24) is 9.21 Å². The molecule has 0 aromatic heterocycles. The highest BCUT2D eigenvalue weighted by atomic mass is 32.2. The second-order valence-corrected chi connectivity index (χ2v) is 11.8. The van der Waals surface area contributed by atoms with Gasteiger partial charge < -0.3 is 10.0 Å². The zero-order valence-electron chi connectivity index (χ0n) is 19.1. The van der Waals surface area contributed by atoms with Gasteiger partial charge >= 0.3 is 0 Å². The predicted molar refractivity (Wildman–Crippen MR) is 126 cm³/mol. The van der Waals surface area contributed by atoms with E-state index in [1.807, 2.05) is 40.7 Å². The van der Waals surface area contributed by atoms with Crippen LogP contribution in [0.15, 0.2) is 53.4 Å². The molecule has 0 radical (unpaired) electrons. The summed E-state index contributed by atoms with van der Waals surface area (Å²) in [5.41, 5.74) is 2.04. The van der Waals surface area contributed by atoms with Crippen LogP contribution in [0.2, 0.25) is 0 Å². The van der Waals surface area contributed by atoms with Crippen LogP contribution < -0.4 is 0 Å². The highest BCUT2D eigenvalue weighted by molar-refractivity contribution is 7.82. The van der Waals surface area contributed by atoms with Gasteiger partial charge in [0.15, 0.2) is 0 Å². The third-order valence-electron chi connectivity index (χ3n) is 8.59. The number of phenols is 1. The molecule has 6 heteroatoms. The second-order valence-electron chi connectivity index (χ2n) is 10.3. The number of phenolic OH excluding ortho intramolecular Hbond substituents is 1. The summed E-state index contributed by atoms with van der Waals surface area (Å²) < 4.78 is 14.9. The van der Waals surface area contributed by atoms with E-state index in [2.05, 4.69) is 31.7 Å². The summed E-state index contributed by atoms with van der Waals surface area (Å²) >= 11 is 0. The lowest BCUT2D eigenvalue weighted by Crippen LogP contribution is -2.65. The van der Waals surface area contributed by atoms with Crippen LogP contribution in [-0.2, 0) is 27.6 Å². The largest absolute Gasteiger partial charge is 0.508 e. The number of aromatic hydroxyl groups is 1. The van der Waals surface area contributed by atoms with Crippen molar-refractivity contribution in [1.29, 1.82) is 0 Å². The Kier molecular flexibility index (Phi) is 5.21. The first kappa shape index (κ1) is 21.7. The van der Waals surface area contributed by atoms with Crippen LogP contribution >= 0.6 is 0 Å². The van der Waals surface area contributed by atoms with Gasteiger partial charge in [-0.1, -0.05) is 51.1 Å². The second kappa shape index (κ2) is 7.70. The zero-order chi connectivity index (χ0) is 22.7. The fourth-order valence-electron chi connectivity index (χ4n) is 6.19. The lowest BCUT2D eigenvalue weighted by molar-refractivity contribution is -0.147. The maximum atomic E-state index is 13.7. The Balaban J connectivity index is 1.38. The molecule has 2 aromatic carbocycles. The monoisotopic (exact) mass is 452 g/mol. The van der Waals surface area contributed by atoms with Gasteiger partial charge in [0.25, 0.3) is 0 Å². The van der Waals surface area contributed by atoms with Gasteiger partial charge in [0.05, 0.1) is 10.8 Å². The van der Waals surface area contributed by atoms with Crippen molar-refractivity contribution in [2.24, 2.45) is 11.3 Å². The minimum atomic E-state index is -1.23. The standard InChI is InChI=1S/C26H32N2O3S/c1-25(2)23-16-20-21(10-7-11-22(20)29)26(25,3)13-15-28(23)24(30)18-12-14-27(17-18)32(31)19-8-5-4-6-9-19/h4-11,18,23,29H,12-17H2,1-3H3/t18?,23-,26+,32?/m1/s1. The summed E-state index contributed by atoms with van der Waals surface area (Å²) in [4.78, 5) is 16.6. The lowest BCUT2D eigenvalue weighted by Gasteiger charge is -2.61. The van der Waals surface area contributed by atoms with Crippen molar-refractivity contribution in [3.8, 4) is 5.75 Å². The average molecular weight is 453 g/mol. The smallest absolute Gasteiger partial charge is 0.227 e. The van der Waals surface area contributed by atoms with Crippen LogP contribution in [0.25, 0.3) is 0 Å². The summed E-state index contributed by atoms with van der Waals surface area (Å²) in [6.45, 7) is 8.77. The fraction of sp³-hybridized carbons (Fsp3) is 0.500. The quantitative estimate of drug-likeness (QED) is 0.769. The number of rotatable bonds is 3. The first-order valence-electron chi connectivity index (χ1n) is 11.6. The number of nitrogens with zero attached hydrogens (tertiary/aromatic N) is 2. The number of piperidine rings is 1. The lowest BCUT2D eigenvalue weighted by atomic mass is 9.51. The Morgan fingerprint density at radius 2 is 1.81 bits per heavy atom. The van der Waals surface area contributed by atoms with Crippen LogP contribution in [0, 0.1) is 11.3 Å². The van der Waals surface area contributed by atoms with E-state index in [-0.39, 0.29) is 28.7 Å². The highest BCUT2D eigenvalue weighted by Crippen LogP contribution is 2.57. The Bertz CT molecular complexity index is 1070. The Labute approximate surface area is 193 Å². The minimum absolute atomic E-state index is 0.0446. The molecule has 0 spiro atoms. The van der Waals surface area contributed by atoms with Crippen molar-refractivity contribution in [2.45, 2.75) is 56.4 Å². The van der Waals surface area contributed by atoms with Gasteiger partial charge in [-0.25, -0.2) is 8.51 Å². The van der Waals surface area contributed by atoms with Crippen molar-refractivity contribution in [3.05, 3.63) is 59.7 Å². The van der Waals surface area contributed by atoms with Gasteiger partial charge in [-0.2, -0.15) is 0 Å². The third-order valence-corrected chi connectivity index (χ3v) is 10.1. The van der Waals surface area contributed by atoms with E-state index >= 15 is 0 Å². The van der Waals surface area contributed by atoms with Crippen molar-refractivity contribution in [3.63, 3.8) is 0 Å². The number of carbonyl (C=O) groups is 1. The molecule has 2 heterocycles. The normalized spacial score (nSPS) is 30.0. The average Bonchev–Trinajstić information content (AvgIpc) is 3.27. The summed E-state index contributed by atoms with van der Waals surface area (Å²) in [5.74, 6) is 0.388. The molecule has 4 atom stereocenters. The van der Waals surface area contributed by atoms with Gasteiger partial charge in [-0.3, -0.25) is 4.79 Å². The van der Waals surface area contributed by atoms with Gasteiger partial charge in [0, 0.05) is 31.1 Å². The molecule has 0 saturated carbocycles. The van der Waals surface area contributed by atoms with E-state index in [1.54, 1.807) is 6.07 Å². The van der Waals surface area contributed by atoms with Gasteiger partial charge in [-0.15, -0.1) is 0 Å². The molecule has 5 nitrogen and oxygen atoms in total. The van der Waals surface area contributed by atoms with E-state index in [0.29, 0.717) is 25.3 Å². The van der Waals surface area contributed by atoms with Gasteiger partial charge in [-0.05, 0) is 54.0 Å². The number of benzene rings is 2. The number of hydrogen-bond donors (Lipinski definition) is 1. The predicted octanol–water partition coefficient (Wildman–Crippen LogP) is 3.88. The van der Waals surface area contributed by atoms with E-state index in [1.165, 1.54) is 5.56 Å². The number of amides is 1. The topological polar surface area (TPSA) is 60.9 Å². The molecule has 170 valence electrons. The van der Waals surface area contributed by atoms with Crippen LogP contribution in [0.5, 0.6) is 5.75 Å². The number of hydrogen-bond acceptors (Lipinski definition) is 3.